The third-order valence-corrected chi connectivity index (χ3v) is 3.55. The van der Waals surface area contributed by atoms with Crippen LogP contribution in [0.1, 0.15) is 79.6 Å². The normalized spacial score (nSPS) is 13.1. The van der Waals surface area contributed by atoms with Crippen LogP contribution in [0.15, 0.2) is 0 Å². The van der Waals surface area contributed by atoms with Crippen LogP contribution >= 0.6 is 0 Å². The van der Waals surface area contributed by atoms with Crippen molar-refractivity contribution in [3.8, 4) is 0 Å². The monoisotopic (exact) mass is 227 g/mol. The SMILES string of the molecule is CCCCCCCC(C)(C)CC(C)(C)NC. The van der Waals surface area contributed by atoms with Gasteiger partial charge in [0.25, 0.3) is 0 Å². The van der Waals surface area contributed by atoms with Gasteiger partial charge < -0.3 is 5.32 Å². The summed E-state index contributed by atoms with van der Waals surface area (Å²) in [5.41, 5.74) is 0.742. The number of hydrogen-bond acceptors (Lipinski definition) is 1. The second kappa shape index (κ2) is 7.32. The maximum Gasteiger partial charge on any atom is 0.0127 e. The van der Waals surface area contributed by atoms with Gasteiger partial charge in [0.05, 0.1) is 0 Å². The first-order valence-corrected chi connectivity index (χ1v) is 7.02. The topological polar surface area (TPSA) is 12.0 Å². The summed E-state index contributed by atoms with van der Waals surface area (Å²) in [5, 5.41) is 3.41. The largest absolute Gasteiger partial charge is 0.315 e. The van der Waals surface area contributed by atoms with E-state index < -0.39 is 0 Å². The summed E-state index contributed by atoms with van der Waals surface area (Å²) in [6.45, 7) is 11.7. The maximum absolute atomic E-state index is 3.41. The second-order valence-electron chi connectivity index (χ2n) is 6.64. The van der Waals surface area contributed by atoms with Crippen molar-refractivity contribution in [1.29, 1.82) is 0 Å². The summed E-state index contributed by atoms with van der Waals surface area (Å²) in [5.74, 6) is 0. The van der Waals surface area contributed by atoms with E-state index in [1.165, 1.54) is 44.9 Å². The summed E-state index contributed by atoms with van der Waals surface area (Å²) in [4.78, 5) is 0. The lowest BCUT2D eigenvalue weighted by Gasteiger charge is -2.35. The van der Waals surface area contributed by atoms with E-state index in [1.54, 1.807) is 0 Å². The summed E-state index contributed by atoms with van der Waals surface area (Å²) in [7, 11) is 2.07. The average molecular weight is 227 g/mol. The number of rotatable bonds is 9. The molecule has 0 unspecified atom stereocenters. The van der Waals surface area contributed by atoms with Crippen molar-refractivity contribution >= 4 is 0 Å². The average Bonchev–Trinajstić information content (AvgIpc) is 2.16. The van der Waals surface area contributed by atoms with E-state index >= 15 is 0 Å². The molecule has 0 aliphatic rings. The molecular formula is C15H33N. The van der Waals surface area contributed by atoms with Crippen LogP contribution in [0.25, 0.3) is 0 Å². The molecule has 0 radical (unpaired) electrons. The zero-order valence-electron chi connectivity index (χ0n) is 12.4. The molecule has 0 fully saturated rings. The Morgan fingerprint density at radius 1 is 0.875 bits per heavy atom. The third kappa shape index (κ3) is 8.15. The van der Waals surface area contributed by atoms with E-state index in [-0.39, 0.29) is 5.54 Å². The van der Waals surface area contributed by atoms with Crippen LogP contribution in [-0.4, -0.2) is 12.6 Å². The van der Waals surface area contributed by atoms with Gasteiger partial charge in [0.2, 0.25) is 0 Å². The van der Waals surface area contributed by atoms with Crippen LogP contribution in [0.2, 0.25) is 0 Å². The van der Waals surface area contributed by atoms with Gasteiger partial charge >= 0.3 is 0 Å². The van der Waals surface area contributed by atoms with Gasteiger partial charge in [-0.2, -0.15) is 0 Å². The lowest BCUT2D eigenvalue weighted by atomic mass is 9.76. The van der Waals surface area contributed by atoms with Crippen molar-refractivity contribution in [2.75, 3.05) is 7.05 Å². The van der Waals surface area contributed by atoms with Crippen LogP contribution in [0.3, 0.4) is 0 Å². The highest BCUT2D eigenvalue weighted by atomic mass is 14.9. The molecule has 0 aromatic carbocycles. The van der Waals surface area contributed by atoms with Crippen molar-refractivity contribution < 1.29 is 0 Å². The van der Waals surface area contributed by atoms with Crippen molar-refractivity contribution in [3.05, 3.63) is 0 Å². The highest BCUT2D eigenvalue weighted by Gasteiger charge is 2.26. The Labute approximate surface area is 103 Å². The number of hydrogen-bond donors (Lipinski definition) is 1. The molecule has 0 aromatic heterocycles. The Morgan fingerprint density at radius 3 is 1.94 bits per heavy atom. The molecule has 0 rings (SSSR count). The quantitative estimate of drug-likeness (QED) is 0.560. The molecule has 0 aromatic rings. The zero-order valence-corrected chi connectivity index (χ0v) is 12.4. The molecule has 0 aliphatic carbocycles. The molecule has 1 nitrogen and oxygen atoms in total. The zero-order chi connectivity index (χ0) is 12.7. The maximum atomic E-state index is 3.41. The molecule has 0 saturated heterocycles. The summed E-state index contributed by atoms with van der Waals surface area (Å²) in [6, 6.07) is 0. The molecule has 1 N–H and O–H groups in total. The van der Waals surface area contributed by atoms with Gasteiger partial charge in [-0.3, -0.25) is 0 Å². The predicted octanol–water partition coefficient (Wildman–Crippen LogP) is 4.76. The Kier molecular flexibility index (Phi) is 7.30. The minimum atomic E-state index is 0.271. The molecular weight excluding hydrogens is 194 g/mol. The molecule has 0 aliphatic heterocycles. The summed E-state index contributed by atoms with van der Waals surface area (Å²) < 4.78 is 0. The van der Waals surface area contributed by atoms with E-state index in [0.29, 0.717) is 5.41 Å². The van der Waals surface area contributed by atoms with E-state index in [2.05, 4.69) is 47.0 Å². The fourth-order valence-corrected chi connectivity index (χ4v) is 2.58. The summed E-state index contributed by atoms with van der Waals surface area (Å²) in [6.07, 6.45) is 9.59. The molecule has 0 atom stereocenters. The van der Waals surface area contributed by atoms with Crippen LogP contribution in [-0.2, 0) is 0 Å². The lowest BCUT2D eigenvalue weighted by molar-refractivity contribution is 0.211. The highest BCUT2D eigenvalue weighted by Crippen LogP contribution is 2.33. The third-order valence-electron chi connectivity index (χ3n) is 3.55. The predicted molar refractivity (Wildman–Crippen MR) is 74.9 cm³/mol. The first-order chi connectivity index (χ1) is 7.33. The van der Waals surface area contributed by atoms with E-state index in [4.69, 9.17) is 0 Å². The van der Waals surface area contributed by atoms with E-state index in [0.717, 1.165) is 0 Å². The van der Waals surface area contributed by atoms with Gasteiger partial charge in [0.15, 0.2) is 0 Å². The first-order valence-electron chi connectivity index (χ1n) is 7.02. The Hall–Kier alpha value is -0.0400. The number of unbranched alkanes of at least 4 members (excludes halogenated alkanes) is 4. The molecule has 0 bridgehead atoms. The van der Waals surface area contributed by atoms with Crippen LogP contribution < -0.4 is 5.32 Å². The van der Waals surface area contributed by atoms with Crippen molar-refractivity contribution in [1.82, 2.24) is 5.32 Å². The lowest BCUT2D eigenvalue weighted by Crippen LogP contribution is -2.40. The smallest absolute Gasteiger partial charge is 0.0127 e. The second-order valence-corrected chi connectivity index (χ2v) is 6.64. The van der Waals surface area contributed by atoms with Gasteiger partial charge in [-0.15, -0.1) is 0 Å². The van der Waals surface area contributed by atoms with Crippen molar-refractivity contribution in [2.24, 2.45) is 5.41 Å². The minimum Gasteiger partial charge on any atom is -0.315 e. The molecule has 0 saturated carbocycles. The molecule has 0 amide bonds. The highest BCUT2D eigenvalue weighted by molar-refractivity contribution is 4.83. The Bertz CT molecular complexity index is 170. The van der Waals surface area contributed by atoms with Gasteiger partial charge in [0.1, 0.15) is 0 Å². The van der Waals surface area contributed by atoms with Crippen LogP contribution in [0.5, 0.6) is 0 Å². The Balaban J connectivity index is 3.78. The minimum absolute atomic E-state index is 0.271. The summed E-state index contributed by atoms with van der Waals surface area (Å²) >= 11 is 0. The number of nitrogens with one attached hydrogen (secondary N) is 1. The van der Waals surface area contributed by atoms with Crippen molar-refractivity contribution in [3.63, 3.8) is 0 Å². The molecule has 1 heteroatoms. The first kappa shape index (κ1) is 16.0. The van der Waals surface area contributed by atoms with Gasteiger partial charge in [-0.25, -0.2) is 0 Å². The molecule has 98 valence electrons. The molecule has 16 heavy (non-hydrogen) atoms. The molecule has 0 heterocycles. The molecule has 0 spiro atoms. The fraction of sp³-hybridized carbons (Fsp3) is 1.00. The van der Waals surface area contributed by atoms with E-state index in [9.17, 15) is 0 Å². The Morgan fingerprint density at radius 2 is 1.44 bits per heavy atom. The van der Waals surface area contributed by atoms with Crippen molar-refractivity contribution in [2.45, 2.75) is 85.1 Å². The van der Waals surface area contributed by atoms with Gasteiger partial charge in [-0.05, 0) is 39.2 Å². The van der Waals surface area contributed by atoms with E-state index in [1.807, 2.05) is 0 Å². The van der Waals surface area contributed by atoms with Gasteiger partial charge in [0, 0.05) is 5.54 Å². The van der Waals surface area contributed by atoms with Gasteiger partial charge in [-0.1, -0.05) is 52.9 Å². The standard InChI is InChI=1S/C15H33N/c1-7-8-9-10-11-12-14(2,3)13-15(4,5)16-6/h16H,7-13H2,1-6H3. The van der Waals surface area contributed by atoms with Crippen LogP contribution in [0, 0.1) is 5.41 Å². The fourth-order valence-electron chi connectivity index (χ4n) is 2.58. The van der Waals surface area contributed by atoms with Crippen LogP contribution in [0.4, 0.5) is 0 Å².